The van der Waals surface area contributed by atoms with Crippen LogP contribution < -0.4 is 5.73 Å². The highest BCUT2D eigenvalue weighted by Crippen LogP contribution is 2.34. The van der Waals surface area contributed by atoms with Crippen molar-refractivity contribution in [2.45, 2.75) is 12.5 Å². The van der Waals surface area contributed by atoms with Gasteiger partial charge in [0.15, 0.2) is 10.8 Å². The summed E-state index contributed by atoms with van der Waals surface area (Å²) in [6.45, 7) is 1.45. The molecule has 2 heterocycles. The molecule has 2 aromatic rings. The summed E-state index contributed by atoms with van der Waals surface area (Å²) in [4.78, 5) is 8.23. The second kappa shape index (κ2) is 6.96. The van der Waals surface area contributed by atoms with E-state index < -0.39 is 33.0 Å². The molecule has 1 aliphatic heterocycles. The van der Waals surface area contributed by atoms with Crippen molar-refractivity contribution in [3.63, 3.8) is 0 Å². The summed E-state index contributed by atoms with van der Waals surface area (Å²) in [6.07, 6.45) is 2.38. The van der Waals surface area contributed by atoms with E-state index in [1.54, 1.807) is 0 Å². The molecule has 1 atom stereocenters. The number of halogens is 2. The van der Waals surface area contributed by atoms with E-state index in [2.05, 4.69) is 9.98 Å². The van der Waals surface area contributed by atoms with Crippen LogP contribution in [0.5, 0.6) is 0 Å². The van der Waals surface area contributed by atoms with Crippen molar-refractivity contribution in [3.8, 4) is 6.07 Å². The van der Waals surface area contributed by atoms with Gasteiger partial charge < -0.3 is 5.73 Å². The topological polar surface area (TPSA) is 112 Å². The third-order valence-corrected chi connectivity index (χ3v) is 7.11. The molecule has 0 amide bonds. The number of guanidine groups is 1. The molecule has 0 unspecified atom stereocenters. The van der Waals surface area contributed by atoms with Gasteiger partial charge in [-0.3, -0.25) is 0 Å². The van der Waals surface area contributed by atoms with Crippen LogP contribution in [0.4, 0.5) is 8.78 Å². The number of nitrogens with zero attached hydrogens (tertiary/aromatic N) is 4. The molecule has 7 nitrogen and oxygen atoms in total. The van der Waals surface area contributed by atoms with Crippen LogP contribution in [0.3, 0.4) is 0 Å². The summed E-state index contributed by atoms with van der Waals surface area (Å²) in [5.41, 5.74) is 4.50. The highest BCUT2D eigenvalue weighted by atomic mass is 32.2. The summed E-state index contributed by atoms with van der Waals surface area (Å²) in [5.74, 6) is -2.13. The first-order valence-corrected chi connectivity index (χ1v) is 10.3. The average molecular weight is 423 g/mol. The molecule has 2 N–H and O–H groups in total. The number of aliphatic imine (C=N–C) groups is 1. The number of thiazole rings is 1. The number of aromatic nitrogens is 1. The fourth-order valence-corrected chi connectivity index (χ4v) is 4.85. The molecule has 0 spiro atoms. The number of hydrogen-bond donors (Lipinski definition) is 1. The lowest BCUT2D eigenvalue weighted by Gasteiger charge is -2.34. The quantitative estimate of drug-likeness (QED) is 0.815. The zero-order chi connectivity index (χ0) is 20.7. The summed E-state index contributed by atoms with van der Waals surface area (Å²) in [7, 11) is -2.51. The molecule has 0 saturated carbocycles. The summed E-state index contributed by atoms with van der Waals surface area (Å²) < 4.78 is 54.4. The summed E-state index contributed by atoms with van der Waals surface area (Å²) >= 11 is 0.882. The van der Waals surface area contributed by atoms with Crippen LogP contribution in [0, 0.1) is 17.1 Å². The number of sulfonamides is 1. The van der Waals surface area contributed by atoms with E-state index in [1.165, 1.54) is 32.3 Å². The Kier molecular flexibility index (Phi) is 4.95. The van der Waals surface area contributed by atoms with Crippen LogP contribution in [0.2, 0.25) is 0 Å². The van der Waals surface area contributed by atoms with Gasteiger partial charge in [0.2, 0.25) is 16.0 Å². The SMILES string of the molecule is CN1C(N)=N[C@](C)(c2cc(/C=C(\F)c3ncc(C#N)s3)ccc2F)CS1(=O)=O. The summed E-state index contributed by atoms with van der Waals surface area (Å²) in [6, 6.07) is 5.65. The fraction of sp³-hybridized carbons (Fsp3) is 0.235. The number of benzene rings is 1. The van der Waals surface area contributed by atoms with Gasteiger partial charge in [0.1, 0.15) is 22.3 Å². The molecular weight excluding hydrogens is 408 g/mol. The van der Waals surface area contributed by atoms with Crippen molar-refractivity contribution in [3.05, 3.63) is 51.2 Å². The Morgan fingerprint density at radius 3 is 2.82 bits per heavy atom. The first-order valence-electron chi connectivity index (χ1n) is 7.91. The van der Waals surface area contributed by atoms with Crippen LogP contribution in [-0.2, 0) is 15.6 Å². The Morgan fingerprint density at radius 2 is 2.21 bits per heavy atom. The van der Waals surface area contributed by atoms with E-state index in [9.17, 15) is 17.2 Å². The van der Waals surface area contributed by atoms with E-state index in [0.717, 1.165) is 27.8 Å². The lowest BCUT2D eigenvalue weighted by Crippen LogP contribution is -2.50. The maximum Gasteiger partial charge on any atom is 0.239 e. The largest absolute Gasteiger partial charge is 0.369 e. The van der Waals surface area contributed by atoms with Gasteiger partial charge in [0.25, 0.3) is 0 Å². The van der Waals surface area contributed by atoms with E-state index in [0.29, 0.717) is 0 Å². The molecule has 1 aliphatic rings. The minimum absolute atomic E-state index is 0.0118. The first-order chi connectivity index (χ1) is 13.1. The zero-order valence-corrected chi connectivity index (χ0v) is 16.5. The Hall–Kier alpha value is -2.84. The molecule has 0 fully saturated rings. The maximum atomic E-state index is 14.5. The van der Waals surface area contributed by atoms with Gasteiger partial charge in [0.05, 0.1) is 11.9 Å². The minimum atomic E-state index is -3.78. The lowest BCUT2D eigenvalue weighted by atomic mass is 9.92. The molecule has 0 radical (unpaired) electrons. The zero-order valence-electron chi connectivity index (χ0n) is 14.8. The van der Waals surface area contributed by atoms with Crippen LogP contribution >= 0.6 is 11.3 Å². The number of nitrogens with two attached hydrogens (primary N) is 1. The van der Waals surface area contributed by atoms with Crippen molar-refractivity contribution in [2.24, 2.45) is 10.7 Å². The van der Waals surface area contributed by atoms with E-state index in [-0.39, 0.29) is 27.0 Å². The van der Waals surface area contributed by atoms with Gasteiger partial charge in [-0.2, -0.15) is 5.26 Å². The van der Waals surface area contributed by atoms with Gasteiger partial charge in [-0.1, -0.05) is 6.07 Å². The number of hydrogen-bond acceptors (Lipinski definition) is 7. The van der Waals surface area contributed by atoms with E-state index in [4.69, 9.17) is 11.0 Å². The maximum absolute atomic E-state index is 14.5. The molecule has 1 aromatic carbocycles. The molecule has 1 aromatic heterocycles. The molecular formula is C17H15F2N5O2S2. The Bertz CT molecular complexity index is 1150. The van der Waals surface area contributed by atoms with E-state index in [1.807, 2.05) is 6.07 Å². The van der Waals surface area contributed by atoms with Crippen molar-refractivity contribution in [2.75, 3.05) is 12.8 Å². The van der Waals surface area contributed by atoms with Gasteiger partial charge >= 0.3 is 0 Å². The van der Waals surface area contributed by atoms with Crippen molar-refractivity contribution in [1.29, 1.82) is 5.26 Å². The third-order valence-electron chi connectivity index (χ3n) is 4.25. The highest BCUT2D eigenvalue weighted by Gasteiger charge is 2.41. The predicted molar refractivity (Wildman–Crippen MR) is 103 cm³/mol. The van der Waals surface area contributed by atoms with Gasteiger partial charge in [-0.25, -0.2) is 31.5 Å². The van der Waals surface area contributed by atoms with Crippen LogP contribution in [0.15, 0.2) is 29.4 Å². The Balaban J connectivity index is 2.05. The molecule has 146 valence electrons. The number of rotatable bonds is 3. The second-order valence-corrected chi connectivity index (χ2v) is 9.37. The van der Waals surface area contributed by atoms with Crippen molar-refractivity contribution >= 4 is 39.2 Å². The standard InChI is InChI=1S/C17H15F2N5O2S2/c1-17(9-28(25,26)24(2)16(21)23-17)12-5-10(3-4-13(12)18)6-14(19)15-22-8-11(7-20)27-15/h3-6,8H,9H2,1-2H3,(H2,21,23)/b14-6-/t17-/m0/s1. The predicted octanol–water partition coefficient (Wildman–Crippen LogP) is 2.43. The average Bonchev–Trinajstić information content (AvgIpc) is 3.10. The highest BCUT2D eigenvalue weighted by molar-refractivity contribution is 7.89. The van der Waals surface area contributed by atoms with Gasteiger partial charge in [-0.05, 0) is 30.7 Å². The van der Waals surface area contributed by atoms with Crippen LogP contribution in [0.25, 0.3) is 11.9 Å². The fourth-order valence-electron chi connectivity index (χ4n) is 2.78. The normalized spacial score (nSPS) is 21.9. The first kappa shape index (κ1) is 19.9. The smallest absolute Gasteiger partial charge is 0.239 e. The Labute approximate surface area is 164 Å². The van der Waals surface area contributed by atoms with Gasteiger partial charge in [0, 0.05) is 12.6 Å². The molecule has 0 aliphatic carbocycles. The summed E-state index contributed by atoms with van der Waals surface area (Å²) in [5, 5.41) is 8.82. The third kappa shape index (κ3) is 3.61. The van der Waals surface area contributed by atoms with Crippen molar-refractivity contribution in [1.82, 2.24) is 9.29 Å². The Morgan fingerprint density at radius 1 is 1.50 bits per heavy atom. The monoisotopic (exact) mass is 423 g/mol. The molecule has 11 heteroatoms. The van der Waals surface area contributed by atoms with Crippen molar-refractivity contribution < 1.29 is 17.2 Å². The van der Waals surface area contributed by atoms with E-state index >= 15 is 0 Å². The minimum Gasteiger partial charge on any atom is -0.369 e. The number of nitriles is 1. The van der Waals surface area contributed by atoms with Gasteiger partial charge in [-0.15, -0.1) is 11.3 Å². The second-order valence-electron chi connectivity index (χ2n) is 6.34. The molecule has 0 saturated heterocycles. The lowest BCUT2D eigenvalue weighted by molar-refractivity contribution is 0.458. The van der Waals surface area contributed by atoms with Crippen LogP contribution in [-0.4, -0.2) is 36.5 Å². The molecule has 28 heavy (non-hydrogen) atoms. The molecule has 0 bridgehead atoms. The molecule has 3 rings (SSSR count). The van der Waals surface area contributed by atoms with Crippen LogP contribution in [0.1, 0.15) is 27.9 Å².